The molecule has 3 nitrogen and oxygen atoms in total. The minimum atomic E-state index is -0.794. The summed E-state index contributed by atoms with van der Waals surface area (Å²) in [6.07, 6.45) is 3.93. The zero-order valence-electron chi connectivity index (χ0n) is 10.9. The smallest absolute Gasteiger partial charge is 0.0903 e. The van der Waals surface area contributed by atoms with E-state index in [0.29, 0.717) is 37.9 Å². The number of hydrogen-bond donors (Lipinski definition) is 1. The average molecular weight is 237 g/mol. The third-order valence-electron chi connectivity index (χ3n) is 5.10. The normalized spacial score (nSPS) is 41.8. The second-order valence-electron chi connectivity index (χ2n) is 6.04. The monoisotopic (exact) mass is 237 g/mol. The number of hydrogen-bond acceptors (Lipinski definition) is 3. The van der Waals surface area contributed by atoms with E-state index < -0.39 is 11.0 Å². The molecule has 96 valence electrons. The average Bonchev–Trinajstić information content (AvgIpc) is 2.35. The molecular formula is C14H23NO2. The zero-order valence-corrected chi connectivity index (χ0v) is 10.9. The van der Waals surface area contributed by atoms with Crippen molar-refractivity contribution >= 4 is 0 Å². The highest BCUT2D eigenvalue weighted by atomic mass is 16.5. The van der Waals surface area contributed by atoms with E-state index in [-0.39, 0.29) is 0 Å². The number of nitriles is 1. The first-order chi connectivity index (χ1) is 8.03. The molecule has 0 aromatic carbocycles. The van der Waals surface area contributed by atoms with E-state index in [9.17, 15) is 10.4 Å². The van der Waals surface area contributed by atoms with Gasteiger partial charge in [-0.25, -0.2) is 0 Å². The van der Waals surface area contributed by atoms with Gasteiger partial charge in [-0.1, -0.05) is 13.8 Å². The van der Waals surface area contributed by atoms with Crippen molar-refractivity contribution in [2.75, 3.05) is 13.2 Å². The van der Waals surface area contributed by atoms with E-state index in [0.717, 1.165) is 19.3 Å². The molecule has 1 heterocycles. The molecule has 2 aliphatic rings. The summed E-state index contributed by atoms with van der Waals surface area (Å²) in [6, 6.07) is 2.43. The fourth-order valence-corrected chi connectivity index (χ4v) is 3.42. The highest BCUT2D eigenvalue weighted by Crippen LogP contribution is 2.50. The highest BCUT2D eigenvalue weighted by molar-refractivity contribution is 5.13. The fourth-order valence-electron chi connectivity index (χ4n) is 3.42. The fraction of sp³-hybridized carbons (Fsp3) is 0.929. The van der Waals surface area contributed by atoms with Crippen LogP contribution in [0.15, 0.2) is 0 Å². The SMILES string of the molecule is CC1CCC(O)(C2(C#N)CCOCC2)CC1C. The molecule has 1 saturated carbocycles. The van der Waals surface area contributed by atoms with Gasteiger partial charge in [-0.15, -0.1) is 0 Å². The third-order valence-corrected chi connectivity index (χ3v) is 5.10. The second kappa shape index (κ2) is 4.59. The van der Waals surface area contributed by atoms with Crippen molar-refractivity contribution in [1.29, 1.82) is 5.26 Å². The first kappa shape index (κ1) is 12.9. The van der Waals surface area contributed by atoms with Crippen LogP contribution in [0.2, 0.25) is 0 Å². The lowest BCUT2D eigenvalue weighted by atomic mass is 9.58. The second-order valence-corrected chi connectivity index (χ2v) is 6.04. The van der Waals surface area contributed by atoms with Crippen LogP contribution in [0.25, 0.3) is 0 Å². The van der Waals surface area contributed by atoms with Crippen LogP contribution >= 0.6 is 0 Å². The van der Waals surface area contributed by atoms with Gasteiger partial charge in [-0.05, 0) is 43.9 Å². The summed E-state index contributed by atoms with van der Waals surface area (Å²) in [5.74, 6) is 1.16. The molecule has 1 aliphatic heterocycles. The van der Waals surface area contributed by atoms with Crippen LogP contribution in [0.4, 0.5) is 0 Å². The van der Waals surface area contributed by atoms with Gasteiger partial charge in [0.15, 0.2) is 0 Å². The van der Waals surface area contributed by atoms with Crippen LogP contribution in [0.1, 0.15) is 46.0 Å². The van der Waals surface area contributed by atoms with Gasteiger partial charge in [-0.3, -0.25) is 0 Å². The quantitative estimate of drug-likeness (QED) is 0.762. The lowest BCUT2D eigenvalue weighted by Crippen LogP contribution is -2.53. The summed E-state index contributed by atoms with van der Waals surface area (Å²) in [5.41, 5.74) is -1.36. The van der Waals surface area contributed by atoms with Crippen molar-refractivity contribution in [1.82, 2.24) is 0 Å². The Labute approximate surface area is 104 Å². The van der Waals surface area contributed by atoms with Crippen LogP contribution in [0.5, 0.6) is 0 Å². The summed E-state index contributed by atoms with van der Waals surface area (Å²) < 4.78 is 5.35. The van der Waals surface area contributed by atoms with Gasteiger partial charge in [0.05, 0.1) is 17.1 Å². The maximum absolute atomic E-state index is 11.0. The predicted octanol–water partition coefficient (Wildman–Crippen LogP) is 2.49. The van der Waals surface area contributed by atoms with E-state index >= 15 is 0 Å². The Morgan fingerprint density at radius 1 is 1.18 bits per heavy atom. The summed E-state index contributed by atoms with van der Waals surface area (Å²) >= 11 is 0. The summed E-state index contributed by atoms with van der Waals surface area (Å²) in [6.45, 7) is 5.66. The molecule has 1 saturated heterocycles. The van der Waals surface area contributed by atoms with E-state index in [1.54, 1.807) is 0 Å². The van der Waals surface area contributed by atoms with E-state index in [2.05, 4.69) is 19.9 Å². The molecule has 3 unspecified atom stereocenters. The summed E-state index contributed by atoms with van der Waals surface area (Å²) in [5, 5.41) is 20.5. The number of nitrogens with zero attached hydrogens (tertiary/aromatic N) is 1. The van der Waals surface area contributed by atoms with Gasteiger partial charge < -0.3 is 9.84 Å². The maximum Gasteiger partial charge on any atom is 0.0903 e. The standard InChI is InChI=1S/C14H23NO2/c1-11-3-4-14(16,9-12(11)2)13(10-15)5-7-17-8-6-13/h11-12,16H,3-9H2,1-2H3. The van der Waals surface area contributed by atoms with Gasteiger partial charge in [-0.2, -0.15) is 5.26 Å². The van der Waals surface area contributed by atoms with E-state index in [1.807, 2.05) is 0 Å². The molecule has 3 atom stereocenters. The van der Waals surface area contributed by atoms with Crippen LogP contribution < -0.4 is 0 Å². The molecule has 0 amide bonds. The first-order valence-electron chi connectivity index (χ1n) is 6.74. The summed E-state index contributed by atoms with van der Waals surface area (Å²) in [4.78, 5) is 0. The molecule has 1 N–H and O–H groups in total. The van der Waals surface area contributed by atoms with Crippen LogP contribution in [-0.2, 0) is 4.74 Å². The van der Waals surface area contributed by atoms with Crippen molar-refractivity contribution in [2.45, 2.75) is 51.6 Å². The van der Waals surface area contributed by atoms with Gasteiger partial charge in [0.25, 0.3) is 0 Å². The highest BCUT2D eigenvalue weighted by Gasteiger charge is 2.53. The molecule has 0 radical (unpaired) electrons. The van der Waals surface area contributed by atoms with Crippen molar-refractivity contribution in [3.8, 4) is 6.07 Å². The van der Waals surface area contributed by atoms with Crippen molar-refractivity contribution < 1.29 is 9.84 Å². The van der Waals surface area contributed by atoms with Gasteiger partial charge >= 0.3 is 0 Å². The Morgan fingerprint density at radius 3 is 2.35 bits per heavy atom. The molecule has 17 heavy (non-hydrogen) atoms. The van der Waals surface area contributed by atoms with E-state index in [4.69, 9.17) is 4.74 Å². The minimum absolute atomic E-state index is 0.502. The van der Waals surface area contributed by atoms with Gasteiger partial charge in [0, 0.05) is 13.2 Å². The Bertz CT molecular complexity index is 317. The van der Waals surface area contributed by atoms with Crippen molar-refractivity contribution in [3.05, 3.63) is 0 Å². The first-order valence-corrected chi connectivity index (χ1v) is 6.74. The third kappa shape index (κ3) is 2.09. The molecule has 2 fully saturated rings. The Balaban J connectivity index is 2.21. The molecule has 0 spiro atoms. The van der Waals surface area contributed by atoms with E-state index in [1.165, 1.54) is 0 Å². The topological polar surface area (TPSA) is 53.2 Å². The Kier molecular flexibility index (Phi) is 3.47. The summed E-state index contributed by atoms with van der Waals surface area (Å²) in [7, 11) is 0. The molecule has 2 rings (SSSR count). The number of aliphatic hydroxyl groups is 1. The molecule has 0 bridgehead atoms. The van der Waals surface area contributed by atoms with Gasteiger partial charge in [0.1, 0.15) is 0 Å². The number of ether oxygens (including phenoxy) is 1. The zero-order chi connectivity index (χ0) is 12.5. The molecule has 0 aromatic heterocycles. The minimum Gasteiger partial charge on any atom is -0.388 e. The molecule has 3 heteroatoms. The predicted molar refractivity (Wildman–Crippen MR) is 65.2 cm³/mol. The maximum atomic E-state index is 11.0. The van der Waals surface area contributed by atoms with Crippen molar-refractivity contribution in [3.63, 3.8) is 0 Å². The van der Waals surface area contributed by atoms with Crippen LogP contribution in [0, 0.1) is 28.6 Å². The number of rotatable bonds is 1. The molecule has 1 aliphatic carbocycles. The molecule has 0 aromatic rings. The van der Waals surface area contributed by atoms with Crippen LogP contribution in [-0.4, -0.2) is 23.9 Å². The van der Waals surface area contributed by atoms with Crippen LogP contribution in [0.3, 0.4) is 0 Å². The lowest BCUT2D eigenvalue weighted by Gasteiger charge is -2.49. The lowest BCUT2D eigenvalue weighted by molar-refractivity contribution is -0.137. The van der Waals surface area contributed by atoms with Crippen molar-refractivity contribution in [2.24, 2.45) is 17.3 Å². The molecular weight excluding hydrogens is 214 g/mol. The largest absolute Gasteiger partial charge is 0.388 e. The Hall–Kier alpha value is -0.590. The Morgan fingerprint density at radius 2 is 1.82 bits per heavy atom. The van der Waals surface area contributed by atoms with Gasteiger partial charge in [0.2, 0.25) is 0 Å².